The van der Waals surface area contributed by atoms with Crippen molar-refractivity contribution in [3.05, 3.63) is 12.4 Å². The average molecular weight is 274 g/mol. The van der Waals surface area contributed by atoms with Crippen molar-refractivity contribution in [3.8, 4) is 0 Å². The molecule has 1 aromatic rings. The molecule has 1 atom stereocenters. The van der Waals surface area contributed by atoms with Gasteiger partial charge in [0.1, 0.15) is 18.0 Å². The van der Waals surface area contributed by atoms with Gasteiger partial charge in [-0.05, 0) is 44.9 Å². The summed E-state index contributed by atoms with van der Waals surface area (Å²) < 4.78 is 0. The Labute approximate surface area is 122 Å². The van der Waals surface area contributed by atoms with Crippen LogP contribution < -0.4 is 9.80 Å². The summed E-state index contributed by atoms with van der Waals surface area (Å²) in [6.45, 7) is 5.73. The van der Waals surface area contributed by atoms with Gasteiger partial charge < -0.3 is 9.80 Å². The number of hydrogen-bond donors (Lipinski definition) is 0. The van der Waals surface area contributed by atoms with Crippen LogP contribution in [0.3, 0.4) is 0 Å². The van der Waals surface area contributed by atoms with Gasteiger partial charge in [-0.2, -0.15) is 0 Å². The van der Waals surface area contributed by atoms with Gasteiger partial charge in [0.25, 0.3) is 0 Å². The fourth-order valence-electron chi connectivity index (χ4n) is 3.52. The fraction of sp³-hybridized carbons (Fsp3) is 0.750. The van der Waals surface area contributed by atoms with Crippen molar-refractivity contribution in [2.75, 3.05) is 29.4 Å². The molecule has 0 spiro atoms. The first-order chi connectivity index (χ1) is 9.88. The van der Waals surface area contributed by atoms with Gasteiger partial charge in [-0.3, -0.25) is 0 Å². The molecule has 0 saturated carbocycles. The maximum absolute atomic E-state index is 4.54. The highest BCUT2D eigenvalue weighted by atomic mass is 15.2. The third-order valence-corrected chi connectivity index (χ3v) is 4.71. The second kappa shape index (κ2) is 6.42. The molecule has 1 aromatic heterocycles. The minimum absolute atomic E-state index is 0.660. The Balaban J connectivity index is 1.79. The van der Waals surface area contributed by atoms with E-state index < -0.39 is 0 Å². The Morgan fingerprint density at radius 3 is 2.55 bits per heavy atom. The molecule has 4 heteroatoms. The quantitative estimate of drug-likeness (QED) is 0.847. The first kappa shape index (κ1) is 13.7. The molecule has 110 valence electrons. The van der Waals surface area contributed by atoms with E-state index >= 15 is 0 Å². The average Bonchev–Trinajstić information content (AvgIpc) is 2.56. The molecule has 2 aliphatic rings. The summed E-state index contributed by atoms with van der Waals surface area (Å²) in [5.74, 6) is 2.25. The van der Waals surface area contributed by atoms with Crippen molar-refractivity contribution in [1.82, 2.24) is 9.97 Å². The van der Waals surface area contributed by atoms with Crippen LogP contribution in [0.2, 0.25) is 0 Å². The zero-order valence-electron chi connectivity index (χ0n) is 12.6. The Bertz CT molecular complexity index is 428. The summed E-state index contributed by atoms with van der Waals surface area (Å²) in [5.41, 5.74) is 0. The predicted octanol–water partition coefficient (Wildman–Crippen LogP) is 3.24. The third kappa shape index (κ3) is 2.89. The molecule has 1 unspecified atom stereocenters. The van der Waals surface area contributed by atoms with Crippen LogP contribution in [0, 0.1) is 0 Å². The van der Waals surface area contributed by atoms with Crippen molar-refractivity contribution in [3.63, 3.8) is 0 Å². The van der Waals surface area contributed by atoms with Crippen LogP contribution in [0.4, 0.5) is 11.6 Å². The van der Waals surface area contributed by atoms with Crippen LogP contribution in [0.15, 0.2) is 12.4 Å². The van der Waals surface area contributed by atoms with Crippen molar-refractivity contribution in [2.45, 2.75) is 57.9 Å². The highest BCUT2D eigenvalue weighted by molar-refractivity contribution is 5.51. The van der Waals surface area contributed by atoms with Gasteiger partial charge in [-0.1, -0.05) is 6.92 Å². The van der Waals surface area contributed by atoms with Crippen LogP contribution in [0.5, 0.6) is 0 Å². The van der Waals surface area contributed by atoms with E-state index in [0.29, 0.717) is 6.04 Å². The Hall–Kier alpha value is -1.32. The molecule has 0 radical (unpaired) electrons. The van der Waals surface area contributed by atoms with Gasteiger partial charge in [-0.15, -0.1) is 0 Å². The summed E-state index contributed by atoms with van der Waals surface area (Å²) in [6.07, 6.45) is 10.9. The molecule has 0 aromatic carbocycles. The number of piperidine rings is 2. The van der Waals surface area contributed by atoms with E-state index in [1.54, 1.807) is 6.33 Å². The third-order valence-electron chi connectivity index (χ3n) is 4.71. The van der Waals surface area contributed by atoms with Gasteiger partial charge in [0.05, 0.1) is 0 Å². The van der Waals surface area contributed by atoms with Crippen LogP contribution in [0.1, 0.15) is 51.9 Å². The maximum atomic E-state index is 4.54. The van der Waals surface area contributed by atoms with Crippen LogP contribution in [0.25, 0.3) is 0 Å². The summed E-state index contributed by atoms with van der Waals surface area (Å²) in [7, 11) is 0. The SMILES string of the molecule is CCC1CCCCN1c1cc(N2CCCCC2)ncn1. The zero-order chi connectivity index (χ0) is 13.8. The standard InChI is InChI=1S/C16H26N4/c1-2-14-8-4-7-11-20(14)16-12-15(17-13-18-16)19-9-5-3-6-10-19/h12-14H,2-11H2,1H3. The molecule has 0 bridgehead atoms. The topological polar surface area (TPSA) is 32.3 Å². The number of hydrogen-bond acceptors (Lipinski definition) is 4. The fourth-order valence-corrected chi connectivity index (χ4v) is 3.52. The second-order valence-electron chi connectivity index (χ2n) is 6.03. The first-order valence-electron chi connectivity index (χ1n) is 8.22. The molecule has 2 fully saturated rings. The van der Waals surface area contributed by atoms with Gasteiger partial charge in [-0.25, -0.2) is 9.97 Å². The molecule has 3 rings (SSSR count). The normalized spacial score (nSPS) is 23.9. The molecular formula is C16H26N4. The van der Waals surface area contributed by atoms with Crippen molar-refractivity contribution in [2.24, 2.45) is 0 Å². The van der Waals surface area contributed by atoms with E-state index in [9.17, 15) is 0 Å². The largest absolute Gasteiger partial charge is 0.356 e. The van der Waals surface area contributed by atoms with E-state index in [2.05, 4.69) is 32.8 Å². The summed E-state index contributed by atoms with van der Waals surface area (Å²) >= 11 is 0. The lowest BCUT2D eigenvalue weighted by Gasteiger charge is -2.36. The molecule has 3 heterocycles. The minimum Gasteiger partial charge on any atom is -0.356 e. The molecule has 0 N–H and O–H groups in total. The van der Waals surface area contributed by atoms with E-state index in [1.165, 1.54) is 44.9 Å². The van der Waals surface area contributed by atoms with Gasteiger partial charge in [0.2, 0.25) is 0 Å². The van der Waals surface area contributed by atoms with Crippen molar-refractivity contribution in [1.29, 1.82) is 0 Å². The Morgan fingerprint density at radius 2 is 1.75 bits per heavy atom. The molecule has 0 aliphatic carbocycles. The molecule has 2 saturated heterocycles. The van der Waals surface area contributed by atoms with Crippen molar-refractivity contribution >= 4 is 11.6 Å². The zero-order valence-corrected chi connectivity index (χ0v) is 12.6. The first-order valence-corrected chi connectivity index (χ1v) is 8.22. The minimum atomic E-state index is 0.660. The number of nitrogens with zero attached hydrogens (tertiary/aromatic N) is 4. The van der Waals surface area contributed by atoms with Crippen LogP contribution >= 0.6 is 0 Å². The molecule has 0 amide bonds. The van der Waals surface area contributed by atoms with Crippen molar-refractivity contribution < 1.29 is 0 Å². The second-order valence-corrected chi connectivity index (χ2v) is 6.03. The number of rotatable bonds is 3. The lowest BCUT2D eigenvalue weighted by Crippen LogP contribution is -2.40. The predicted molar refractivity (Wildman–Crippen MR) is 83.4 cm³/mol. The lowest BCUT2D eigenvalue weighted by molar-refractivity contribution is 0.446. The van der Waals surface area contributed by atoms with Gasteiger partial charge in [0.15, 0.2) is 0 Å². The molecular weight excluding hydrogens is 248 g/mol. The van der Waals surface area contributed by atoms with E-state index in [1.807, 2.05) is 0 Å². The van der Waals surface area contributed by atoms with E-state index in [4.69, 9.17) is 0 Å². The number of anilines is 2. The number of aromatic nitrogens is 2. The van der Waals surface area contributed by atoms with E-state index in [-0.39, 0.29) is 0 Å². The highest BCUT2D eigenvalue weighted by Crippen LogP contribution is 2.27. The highest BCUT2D eigenvalue weighted by Gasteiger charge is 2.23. The monoisotopic (exact) mass is 274 g/mol. The Kier molecular flexibility index (Phi) is 4.38. The lowest BCUT2D eigenvalue weighted by atomic mass is 10.00. The molecule has 4 nitrogen and oxygen atoms in total. The molecule has 20 heavy (non-hydrogen) atoms. The summed E-state index contributed by atoms with van der Waals surface area (Å²) in [4.78, 5) is 14.0. The van der Waals surface area contributed by atoms with Gasteiger partial charge >= 0.3 is 0 Å². The smallest absolute Gasteiger partial charge is 0.134 e. The molecule has 2 aliphatic heterocycles. The van der Waals surface area contributed by atoms with Gasteiger partial charge in [0, 0.05) is 31.7 Å². The van der Waals surface area contributed by atoms with E-state index in [0.717, 1.165) is 31.3 Å². The summed E-state index contributed by atoms with van der Waals surface area (Å²) in [5, 5.41) is 0. The maximum Gasteiger partial charge on any atom is 0.134 e. The Morgan fingerprint density at radius 1 is 1.00 bits per heavy atom. The van der Waals surface area contributed by atoms with Crippen LogP contribution in [-0.2, 0) is 0 Å². The summed E-state index contributed by atoms with van der Waals surface area (Å²) in [6, 6.07) is 2.87. The van der Waals surface area contributed by atoms with Crippen LogP contribution in [-0.4, -0.2) is 35.6 Å².